The van der Waals surface area contributed by atoms with E-state index in [-0.39, 0.29) is 0 Å². The summed E-state index contributed by atoms with van der Waals surface area (Å²) in [5.74, 6) is -1.49. The minimum Gasteiger partial charge on any atom is -0.287 e. The van der Waals surface area contributed by atoms with Crippen molar-refractivity contribution in [1.82, 2.24) is 0 Å². The Balaban J connectivity index is 3.25. The van der Waals surface area contributed by atoms with E-state index in [0.717, 1.165) is 6.07 Å². The maximum absolute atomic E-state index is 13.0. The summed E-state index contributed by atoms with van der Waals surface area (Å²) in [6, 6.07) is 2.42. The first-order valence-electron chi connectivity index (χ1n) is 3.26. The first-order valence-corrected chi connectivity index (χ1v) is 3.26. The van der Waals surface area contributed by atoms with Crippen molar-refractivity contribution in [2.75, 3.05) is 5.32 Å². The number of aryl methyl sites for hydroxylation is 1. The topological polar surface area (TPSA) is 35.8 Å². The molecule has 1 aromatic carbocycles. The van der Waals surface area contributed by atoms with Crippen LogP contribution in [-0.2, 0) is 0 Å². The summed E-state index contributed by atoms with van der Waals surface area (Å²) < 4.78 is 25.8. The smallest absolute Gasteiger partial charge is 0.181 e. The van der Waals surface area contributed by atoms with Crippen LogP contribution >= 0.6 is 0 Å². The van der Waals surface area contributed by atoms with Gasteiger partial charge in [0.1, 0.15) is 11.5 Å². The van der Waals surface area contributed by atoms with Crippen LogP contribution < -0.4 is 5.32 Å². The summed E-state index contributed by atoms with van der Waals surface area (Å²) in [7, 11) is 0. The number of anilines is 1. The third-order valence-electron chi connectivity index (χ3n) is 1.47. The lowest BCUT2D eigenvalue weighted by Gasteiger charge is -2.03. The zero-order valence-corrected chi connectivity index (χ0v) is 6.36. The van der Waals surface area contributed by atoms with Gasteiger partial charge in [0.2, 0.25) is 0 Å². The lowest BCUT2D eigenvalue weighted by molar-refractivity contribution is 0.585. The number of nitriles is 1. The summed E-state index contributed by atoms with van der Waals surface area (Å²) >= 11 is 0. The zero-order chi connectivity index (χ0) is 9.14. The fraction of sp³-hybridized carbons (Fsp3) is 0.125. The number of hydrogen-bond acceptors (Lipinski definition) is 2. The van der Waals surface area contributed by atoms with Crippen molar-refractivity contribution in [3.05, 3.63) is 29.3 Å². The van der Waals surface area contributed by atoms with E-state index in [1.54, 1.807) is 0 Å². The van der Waals surface area contributed by atoms with Crippen LogP contribution in [0.1, 0.15) is 5.56 Å². The van der Waals surface area contributed by atoms with Gasteiger partial charge in [-0.2, -0.15) is 5.26 Å². The molecule has 1 rings (SSSR count). The van der Waals surface area contributed by atoms with Gasteiger partial charge >= 0.3 is 0 Å². The number of benzene rings is 1. The van der Waals surface area contributed by atoms with E-state index >= 15 is 0 Å². The van der Waals surface area contributed by atoms with Crippen molar-refractivity contribution in [3.8, 4) is 6.19 Å². The Kier molecular flexibility index (Phi) is 2.24. The van der Waals surface area contributed by atoms with Crippen LogP contribution in [0, 0.1) is 30.0 Å². The molecule has 0 aliphatic heterocycles. The summed E-state index contributed by atoms with van der Waals surface area (Å²) in [5.41, 5.74) is -0.0911. The molecule has 0 fully saturated rings. The van der Waals surface area contributed by atoms with E-state index in [9.17, 15) is 8.78 Å². The van der Waals surface area contributed by atoms with Crippen LogP contribution in [0.4, 0.5) is 14.5 Å². The molecule has 0 aliphatic rings. The maximum atomic E-state index is 13.0. The van der Waals surface area contributed by atoms with Gasteiger partial charge in [0.15, 0.2) is 12.0 Å². The first kappa shape index (κ1) is 8.47. The molecule has 0 aliphatic carbocycles. The minimum absolute atomic E-state index is 0.300. The molecule has 0 heterocycles. The van der Waals surface area contributed by atoms with E-state index in [0.29, 0.717) is 5.56 Å². The Bertz CT molecular complexity index is 342. The van der Waals surface area contributed by atoms with Crippen LogP contribution in [-0.4, -0.2) is 0 Å². The van der Waals surface area contributed by atoms with Gasteiger partial charge in [-0.1, -0.05) is 6.07 Å². The molecule has 62 valence electrons. The van der Waals surface area contributed by atoms with Crippen LogP contribution in [0.2, 0.25) is 0 Å². The third-order valence-corrected chi connectivity index (χ3v) is 1.47. The molecule has 0 aromatic heterocycles. The molecule has 0 saturated carbocycles. The minimum atomic E-state index is -0.764. The predicted molar refractivity (Wildman–Crippen MR) is 40.3 cm³/mol. The van der Waals surface area contributed by atoms with Gasteiger partial charge in [-0.3, -0.25) is 5.32 Å². The van der Waals surface area contributed by atoms with Gasteiger partial charge in [0, 0.05) is 0 Å². The van der Waals surface area contributed by atoms with Gasteiger partial charge in [-0.25, -0.2) is 8.78 Å². The van der Waals surface area contributed by atoms with E-state index in [4.69, 9.17) is 5.26 Å². The van der Waals surface area contributed by atoms with Crippen LogP contribution in [0.15, 0.2) is 12.1 Å². The largest absolute Gasteiger partial charge is 0.287 e. The lowest BCUT2D eigenvalue weighted by atomic mass is 10.2. The SMILES string of the molecule is Cc1ccc(F)c(NC#N)c1F. The number of hydrogen-bond donors (Lipinski definition) is 1. The number of halogens is 2. The summed E-state index contributed by atoms with van der Waals surface area (Å²) in [5, 5.41) is 10.1. The van der Waals surface area contributed by atoms with Crippen molar-refractivity contribution in [3.63, 3.8) is 0 Å². The predicted octanol–water partition coefficient (Wildman–Crippen LogP) is 2.17. The van der Waals surface area contributed by atoms with Gasteiger partial charge in [0.25, 0.3) is 0 Å². The highest BCUT2D eigenvalue weighted by Gasteiger charge is 2.09. The van der Waals surface area contributed by atoms with E-state index in [1.807, 2.05) is 5.32 Å². The van der Waals surface area contributed by atoms with Gasteiger partial charge in [-0.05, 0) is 18.6 Å². The molecule has 1 N–H and O–H groups in total. The molecule has 0 spiro atoms. The van der Waals surface area contributed by atoms with Crippen LogP contribution in [0.5, 0.6) is 0 Å². The molecule has 4 heteroatoms. The first-order chi connectivity index (χ1) is 5.66. The normalized spacial score (nSPS) is 9.17. The fourth-order valence-corrected chi connectivity index (χ4v) is 0.827. The summed E-state index contributed by atoms with van der Waals surface area (Å²) in [6.45, 7) is 1.50. The third kappa shape index (κ3) is 1.35. The van der Waals surface area contributed by atoms with Gasteiger partial charge < -0.3 is 0 Å². The van der Waals surface area contributed by atoms with Gasteiger partial charge in [-0.15, -0.1) is 0 Å². The van der Waals surface area contributed by atoms with Crippen molar-refractivity contribution >= 4 is 5.69 Å². The molecule has 1 aromatic rings. The molecule has 0 radical (unpaired) electrons. The molecule has 2 nitrogen and oxygen atoms in total. The average Bonchev–Trinajstić information content (AvgIpc) is 2.06. The molecule has 0 bridgehead atoms. The number of nitrogens with one attached hydrogen (secondary N) is 1. The van der Waals surface area contributed by atoms with E-state index in [2.05, 4.69) is 0 Å². The molecule has 12 heavy (non-hydrogen) atoms. The van der Waals surface area contributed by atoms with E-state index < -0.39 is 17.3 Å². The lowest BCUT2D eigenvalue weighted by Crippen LogP contribution is -1.97. The molecule has 0 saturated heterocycles. The van der Waals surface area contributed by atoms with Crippen molar-refractivity contribution < 1.29 is 8.78 Å². The Morgan fingerprint density at radius 1 is 1.42 bits per heavy atom. The zero-order valence-electron chi connectivity index (χ0n) is 6.36. The maximum Gasteiger partial charge on any atom is 0.181 e. The molecule has 0 amide bonds. The average molecular weight is 168 g/mol. The monoisotopic (exact) mass is 168 g/mol. The van der Waals surface area contributed by atoms with Gasteiger partial charge in [0.05, 0.1) is 0 Å². The highest BCUT2D eigenvalue weighted by molar-refractivity contribution is 5.51. The molecule has 0 unspecified atom stereocenters. The molecule has 0 atom stereocenters. The highest BCUT2D eigenvalue weighted by Crippen LogP contribution is 2.20. The summed E-state index contributed by atoms with van der Waals surface area (Å²) in [6.07, 6.45) is 1.46. The second kappa shape index (κ2) is 3.18. The van der Waals surface area contributed by atoms with E-state index in [1.165, 1.54) is 19.2 Å². The standard InChI is InChI=1S/C8H6F2N2/c1-5-2-3-6(9)8(7(5)10)12-4-11/h2-3,12H,1H3. The quantitative estimate of drug-likeness (QED) is 0.515. The Hall–Kier alpha value is -1.63. The highest BCUT2D eigenvalue weighted by atomic mass is 19.1. The van der Waals surface area contributed by atoms with Crippen LogP contribution in [0.3, 0.4) is 0 Å². The molecular formula is C8H6F2N2. The van der Waals surface area contributed by atoms with Crippen LogP contribution in [0.25, 0.3) is 0 Å². The van der Waals surface area contributed by atoms with Crippen molar-refractivity contribution in [1.29, 1.82) is 5.26 Å². The summed E-state index contributed by atoms with van der Waals surface area (Å²) in [4.78, 5) is 0. The van der Waals surface area contributed by atoms with Crippen molar-refractivity contribution in [2.24, 2.45) is 0 Å². The second-order valence-electron chi connectivity index (χ2n) is 2.29. The Morgan fingerprint density at radius 2 is 2.08 bits per heavy atom. The Labute approximate surface area is 68.4 Å². The fourth-order valence-electron chi connectivity index (χ4n) is 0.827. The second-order valence-corrected chi connectivity index (χ2v) is 2.29. The Morgan fingerprint density at radius 3 is 2.67 bits per heavy atom. The van der Waals surface area contributed by atoms with Crippen molar-refractivity contribution in [2.45, 2.75) is 6.92 Å². The number of rotatable bonds is 1. The number of nitrogens with zero attached hydrogens (tertiary/aromatic N) is 1. The molecular weight excluding hydrogens is 162 g/mol.